The zero-order chi connectivity index (χ0) is 15.0. The number of halogens is 1. The Labute approximate surface area is 127 Å². The SMILES string of the molecule is CC(C)Oc1nc(Cl)nc(N2CCN3C(=O)NCC3C2)n1. The lowest BCUT2D eigenvalue weighted by molar-refractivity contribution is 0.196. The first kappa shape index (κ1) is 14.1. The van der Waals surface area contributed by atoms with Crippen molar-refractivity contribution in [2.45, 2.75) is 26.0 Å². The molecule has 0 saturated carbocycles. The summed E-state index contributed by atoms with van der Waals surface area (Å²) in [6, 6.07) is 0.358. The molecular weight excluding hydrogens is 296 g/mol. The summed E-state index contributed by atoms with van der Waals surface area (Å²) in [7, 11) is 0. The second kappa shape index (κ2) is 5.51. The van der Waals surface area contributed by atoms with Gasteiger partial charge in [-0.15, -0.1) is 0 Å². The number of hydrogen-bond donors (Lipinski definition) is 1. The van der Waals surface area contributed by atoms with Gasteiger partial charge in [0, 0.05) is 26.2 Å². The molecule has 2 saturated heterocycles. The van der Waals surface area contributed by atoms with Gasteiger partial charge < -0.3 is 19.9 Å². The zero-order valence-corrected chi connectivity index (χ0v) is 12.7. The maximum absolute atomic E-state index is 11.6. The number of nitrogens with zero attached hydrogens (tertiary/aromatic N) is 5. The molecule has 1 aromatic heterocycles. The minimum Gasteiger partial charge on any atom is -0.461 e. The topological polar surface area (TPSA) is 83.5 Å². The van der Waals surface area contributed by atoms with Gasteiger partial charge in [0.15, 0.2) is 0 Å². The summed E-state index contributed by atoms with van der Waals surface area (Å²) >= 11 is 5.94. The van der Waals surface area contributed by atoms with Crippen molar-refractivity contribution in [1.29, 1.82) is 0 Å². The molecule has 2 aliphatic heterocycles. The van der Waals surface area contributed by atoms with E-state index in [0.717, 1.165) is 0 Å². The molecule has 2 amide bonds. The third-order valence-corrected chi connectivity index (χ3v) is 3.60. The summed E-state index contributed by atoms with van der Waals surface area (Å²) in [5.41, 5.74) is 0. The van der Waals surface area contributed by atoms with Crippen molar-refractivity contribution in [3.05, 3.63) is 5.28 Å². The number of anilines is 1. The summed E-state index contributed by atoms with van der Waals surface area (Å²) in [4.78, 5) is 27.9. The van der Waals surface area contributed by atoms with Gasteiger partial charge in [0.2, 0.25) is 11.2 Å². The van der Waals surface area contributed by atoms with E-state index < -0.39 is 0 Å². The van der Waals surface area contributed by atoms with Crippen LogP contribution < -0.4 is 15.0 Å². The lowest BCUT2D eigenvalue weighted by atomic mass is 10.2. The molecule has 21 heavy (non-hydrogen) atoms. The Morgan fingerprint density at radius 3 is 2.90 bits per heavy atom. The lowest BCUT2D eigenvalue weighted by Gasteiger charge is -2.36. The van der Waals surface area contributed by atoms with E-state index in [1.165, 1.54) is 0 Å². The largest absolute Gasteiger partial charge is 0.461 e. The number of piperazine rings is 1. The number of urea groups is 1. The molecule has 0 radical (unpaired) electrons. The second-order valence-electron chi connectivity index (χ2n) is 5.33. The van der Waals surface area contributed by atoms with E-state index in [2.05, 4.69) is 20.3 Å². The summed E-state index contributed by atoms with van der Waals surface area (Å²) in [6.07, 6.45) is -0.0372. The van der Waals surface area contributed by atoms with Crippen LogP contribution in [0, 0.1) is 0 Å². The highest BCUT2D eigenvalue weighted by atomic mass is 35.5. The molecule has 2 fully saturated rings. The maximum Gasteiger partial charge on any atom is 0.322 e. The summed E-state index contributed by atoms with van der Waals surface area (Å²) in [5, 5.41) is 2.95. The number of nitrogens with one attached hydrogen (secondary N) is 1. The highest BCUT2D eigenvalue weighted by molar-refractivity contribution is 6.28. The Kier molecular flexibility index (Phi) is 3.71. The Morgan fingerprint density at radius 1 is 1.33 bits per heavy atom. The van der Waals surface area contributed by atoms with Gasteiger partial charge in [-0.25, -0.2) is 4.79 Å². The van der Waals surface area contributed by atoms with Gasteiger partial charge in [0.1, 0.15) is 0 Å². The first-order valence-corrected chi connectivity index (χ1v) is 7.28. The Morgan fingerprint density at radius 2 is 2.14 bits per heavy atom. The van der Waals surface area contributed by atoms with Gasteiger partial charge in [-0.1, -0.05) is 0 Å². The fourth-order valence-electron chi connectivity index (χ4n) is 2.51. The Balaban J connectivity index is 1.78. The molecule has 9 heteroatoms. The average molecular weight is 313 g/mol. The molecule has 3 heterocycles. The fraction of sp³-hybridized carbons (Fsp3) is 0.667. The number of aromatic nitrogens is 3. The predicted octanol–water partition coefficient (Wildman–Crippen LogP) is 0.526. The van der Waals surface area contributed by atoms with E-state index in [4.69, 9.17) is 16.3 Å². The van der Waals surface area contributed by atoms with E-state index in [-0.39, 0.29) is 29.5 Å². The van der Waals surface area contributed by atoms with E-state index in [1.54, 1.807) is 0 Å². The minimum absolute atomic E-state index is 0.00263. The van der Waals surface area contributed by atoms with Crippen molar-refractivity contribution in [2.75, 3.05) is 31.1 Å². The van der Waals surface area contributed by atoms with Gasteiger partial charge in [-0.3, -0.25) is 0 Å². The van der Waals surface area contributed by atoms with Crippen molar-refractivity contribution >= 4 is 23.6 Å². The highest BCUT2D eigenvalue weighted by Crippen LogP contribution is 2.21. The van der Waals surface area contributed by atoms with Gasteiger partial charge >= 0.3 is 12.0 Å². The number of ether oxygens (including phenoxy) is 1. The average Bonchev–Trinajstić information content (AvgIpc) is 2.78. The molecule has 0 spiro atoms. The van der Waals surface area contributed by atoms with Crippen molar-refractivity contribution in [2.24, 2.45) is 0 Å². The first-order chi connectivity index (χ1) is 10.0. The van der Waals surface area contributed by atoms with Crippen LogP contribution >= 0.6 is 11.6 Å². The highest BCUT2D eigenvalue weighted by Gasteiger charge is 2.36. The standard InChI is InChI=1S/C12H17ClN6O2/c1-7(2)21-11-16-9(13)15-10(17-11)18-3-4-19-8(6-18)5-14-12(19)20/h7-8H,3-6H2,1-2H3,(H,14,20). The predicted molar refractivity (Wildman–Crippen MR) is 76.7 cm³/mol. The smallest absolute Gasteiger partial charge is 0.322 e. The molecule has 1 N–H and O–H groups in total. The van der Waals surface area contributed by atoms with Crippen molar-refractivity contribution in [3.8, 4) is 6.01 Å². The van der Waals surface area contributed by atoms with Gasteiger partial charge in [0.05, 0.1) is 12.1 Å². The van der Waals surface area contributed by atoms with E-state index in [0.29, 0.717) is 32.1 Å². The molecule has 3 rings (SSSR count). The quantitative estimate of drug-likeness (QED) is 0.876. The van der Waals surface area contributed by atoms with Crippen LogP contribution in [0.5, 0.6) is 6.01 Å². The molecule has 114 valence electrons. The number of fused-ring (bicyclic) bond motifs is 1. The molecule has 0 aliphatic carbocycles. The fourth-order valence-corrected chi connectivity index (χ4v) is 2.66. The van der Waals surface area contributed by atoms with Gasteiger partial charge in [-0.2, -0.15) is 15.0 Å². The third-order valence-electron chi connectivity index (χ3n) is 3.43. The van der Waals surface area contributed by atoms with Gasteiger partial charge in [-0.05, 0) is 25.4 Å². The Hall–Kier alpha value is -1.83. The Bertz CT molecular complexity index is 555. The number of rotatable bonds is 3. The molecule has 1 unspecified atom stereocenters. The minimum atomic E-state index is -0.0372. The van der Waals surface area contributed by atoms with E-state index in [9.17, 15) is 4.79 Å². The first-order valence-electron chi connectivity index (χ1n) is 6.90. The number of carbonyl (C=O) groups excluding carboxylic acids is 1. The van der Waals surface area contributed by atoms with Crippen LogP contribution in [-0.2, 0) is 0 Å². The summed E-state index contributed by atoms with van der Waals surface area (Å²) in [5.74, 6) is 0.490. The molecule has 0 bridgehead atoms. The van der Waals surface area contributed by atoms with Crippen LogP contribution in [0.15, 0.2) is 0 Å². The lowest BCUT2D eigenvalue weighted by Crippen LogP contribution is -2.52. The van der Waals surface area contributed by atoms with Crippen molar-refractivity contribution in [1.82, 2.24) is 25.2 Å². The van der Waals surface area contributed by atoms with Gasteiger partial charge in [0.25, 0.3) is 0 Å². The third kappa shape index (κ3) is 2.94. The van der Waals surface area contributed by atoms with Crippen LogP contribution in [0.3, 0.4) is 0 Å². The molecule has 1 atom stereocenters. The number of carbonyl (C=O) groups is 1. The zero-order valence-electron chi connectivity index (χ0n) is 11.9. The van der Waals surface area contributed by atoms with Crippen LogP contribution in [0.2, 0.25) is 5.28 Å². The maximum atomic E-state index is 11.6. The van der Waals surface area contributed by atoms with Crippen LogP contribution in [-0.4, -0.2) is 64.2 Å². The van der Waals surface area contributed by atoms with Crippen molar-refractivity contribution in [3.63, 3.8) is 0 Å². The molecule has 8 nitrogen and oxygen atoms in total. The van der Waals surface area contributed by atoms with Crippen LogP contribution in [0.1, 0.15) is 13.8 Å². The monoisotopic (exact) mass is 312 g/mol. The molecular formula is C12H17ClN6O2. The number of hydrogen-bond acceptors (Lipinski definition) is 6. The molecule has 2 aliphatic rings. The number of amides is 2. The molecule has 0 aromatic carbocycles. The van der Waals surface area contributed by atoms with Crippen LogP contribution in [0.4, 0.5) is 10.7 Å². The van der Waals surface area contributed by atoms with E-state index >= 15 is 0 Å². The van der Waals surface area contributed by atoms with E-state index in [1.807, 2.05) is 23.6 Å². The summed E-state index contributed by atoms with van der Waals surface area (Å²) < 4.78 is 5.48. The molecule has 1 aromatic rings. The van der Waals surface area contributed by atoms with Crippen LogP contribution in [0.25, 0.3) is 0 Å². The summed E-state index contributed by atoms with van der Waals surface area (Å²) in [6.45, 7) is 6.40. The second-order valence-corrected chi connectivity index (χ2v) is 5.67. The van der Waals surface area contributed by atoms with Crippen molar-refractivity contribution < 1.29 is 9.53 Å². The normalized spacial score (nSPS) is 21.5.